The van der Waals surface area contributed by atoms with Crippen LogP contribution in [0.2, 0.25) is 0 Å². The van der Waals surface area contributed by atoms with Gasteiger partial charge in [0.1, 0.15) is 27.9 Å². The molecule has 0 atom stereocenters. The zero-order valence-corrected chi connectivity index (χ0v) is 14.0. The Morgan fingerprint density at radius 2 is 2.04 bits per heavy atom. The van der Waals surface area contributed by atoms with E-state index in [0.717, 1.165) is 16.9 Å². The monoisotopic (exact) mass is 333 g/mol. The third-order valence-corrected chi connectivity index (χ3v) is 4.80. The number of aromatic nitrogens is 3. The number of thiophene rings is 1. The molecule has 3 aromatic rings. The lowest BCUT2D eigenvalue weighted by Crippen LogP contribution is -2.10. The zero-order chi connectivity index (χ0) is 16.7. The van der Waals surface area contributed by atoms with Crippen LogP contribution in [0.3, 0.4) is 0 Å². The molecular weight excluding hydrogens is 318 g/mol. The van der Waals surface area contributed by atoms with Gasteiger partial charge in [0.2, 0.25) is 0 Å². The van der Waals surface area contributed by atoms with Gasteiger partial charge in [0.25, 0.3) is 5.56 Å². The van der Waals surface area contributed by atoms with Crippen LogP contribution in [0.5, 0.6) is 0 Å². The summed E-state index contributed by atoms with van der Waals surface area (Å²) in [5.74, 6) is 0.652. The highest BCUT2D eigenvalue weighted by Gasteiger charge is 2.21. The number of hydrogen-bond donors (Lipinski definition) is 1. The van der Waals surface area contributed by atoms with Crippen LogP contribution in [0, 0.1) is 27.7 Å². The number of rotatable bonds is 3. The molecule has 3 rings (SSSR count). The summed E-state index contributed by atoms with van der Waals surface area (Å²) in [6, 6.07) is 0. The second kappa shape index (κ2) is 5.62. The number of nitrogens with one attached hydrogen (secondary N) is 1. The first-order valence-electron chi connectivity index (χ1n) is 6.97. The average Bonchev–Trinajstić information content (AvgIpc) is 2.97. The lowest BCUT2D eigenvalue weighted by Gasteiger charge is -2.03. The topological polar surface area (TPSA) is 98.1 Å². The van der Waals surface area contributed by atoms with Crippen molar-refractivity contribution in [2.45, 2.75) is 34.3 Å². The van der Waals surface area contributed by atoms with Crippen LogP contribution in [-0.2, 0) is 11.3 Å². The van der Waals surface area contributed by atoms with E-state index in [1.165, 1.54) is 0 Å². The summed E-state index contributed by atoms with van der Waals surface area (Å²) in [7, 11) is 0. The standard InChI is InChI=1S/C15H15N3O4S/c1-6-11-13(19)16-9(4)17-14(11)23-12(6)15(20)21-5-10-7(2)18-22-8(10)3/h5H2,1-4H3,(H,16,17,19). The molecule has 0 unspecified atom stereocenters. The molecule has 23 heavy (non-hydrogen) atoms. The summed E-state index contributed by atoms with van der Waals surface area (Å²) in [5, 5.41) is 4.26. The third-order valence-electron chi connectivity index (χ3n) is 3.63. The number of aryl methyl sites for hydroxylation is 4. The van der Waals surface area contributed by atoms with Gasteiger partial charge in [0.05, 0.1) is 16.6 Å². The Morgan fingerprint density at radius 1 is 1.30 bits per heavy atom. The van der Waals surface area contributed by atoms with Gasteiger partial charge in [-0.1, -0.05) is 5.16 Å². The number of carbonyl (C=O) groups excluding carboxylic acids is 1. The first-order chi connectivity index (χ1) is 10.9. The Kier molecular flexibility index (Phi) is 3.77. The smallest absolute Gasteiger partial charge is 0.349 e. The lowest BCUT2D eigenvalue weighted by molar-refractivity contribution is 0.0476. The first kappa shape index (κ1) is 15.4. The predicted molar refractivity (Wildman–Crippen MR) is 84.8 cm³/mol. The van der Waals surface area contributed by atoms with Crippen molar-refractivity contribution in [1.82, 2.24) is 15.1 Å². The second-order valence-electron chi connectivity index (χ2n) is 5.27. The second-order valence-corrected chi connectivity index (χ2v) is 6.27. The van der Waals surface area contributed by atoms with Gasteiger partial charge in [-0.2, -0.15) is 0 Å². The molecule has 0 aliphatic carbocycles. The molecule has 0 aliphatic rings. The Labute approximate surface area is 135 Å². The van der Waals surface area contributed by atoms with Crippen LogP contribution in [-0.4, -0.2) is 21.1 Å². The van der Waals surface area contributed by atoms with E-state index >= 15 is 0 Å². The molecule has 0 radical (unpaired) electrons. The van der Waals surface area contributed by atoms with Gasteiger partial charge in [0.15, 0.2) is 0 Å². The molecular formula is C15H15N3O4S. The Hall–Kier alpha value is -2.48. The van der Waals surface area contributed by atoms with Crippen LogP contribution in [0.25, 0.3) is 10.2 Å². The summed E-state index contributed by atoms with van der Waals surface area (Å²) in [5.41, 5.74) is 1.79. The van der Waals surface area contributed by atoms with Crippen LogP contribution < -0.4 is 5.56 Å². The summed E-state index contributed by atoms with van der Waals surface area (Å²) in [4.78, 5) is 32.2. The highest BCUT2D eigenvalue weighted by molar-refractivity contribution is 7.20. The number of fused-ring (bicyclic) bond motifs is 1. The van der Waals surface area contributed by atoms with Crippen molar-refractivity contribution in [2.75, 3.05) is 0 Å². The molecule has 120 valence electrons. The molecule has 0 bridgehead atoms. The fourth-order valence-corrected chi connectivity index (χ4v) is 3.48. The number of nitrogens with zero attached hydrogens (tertiary/aromatic N) is 2. The van der Waals surface area contributed by atoms with E-state index in [2.05, 4.69) is 15.1 Å². The van der Waals surface area contributed by atoms with Crippen molar-refractivity contribution in [2.24, 2.45) is 0 Å². The normalized spacial score (nSPS) is 11.1. The summed E-state index contributed by atoms with van der Waals surface area (Å²) < 4.78 is 10.4. The zero-order valence-electron chi connectivity index (χ0n) is 13.1. The van der Waals surface area contributed by atoms with Crippen molar-refractivity contribution in [1.29, 1.82) is 0 Å². The van der Waals surface area contributed by atoms with Gasteiger partial charge in [-0.05, 0) is 33.3 Å². The third kappa shape index (κ3) is 2.65. The summed E-state index contributed by atoms with van der Waals surface area (Å²) >= 11 is 1.16. The molecule has 0 saturated carbocycles. The van der Waals surface area contributed by atoms with Crippen molar-refractivity contribution < 1.29 is 14.1 Å². The maximum atomic E-state index is 12.3. The Morgan fingerprint density at radius 3 is 2.70 bits per heavy atom. The van der Waals surface area contributed by atoms with E-state index in [4.69, 9.17) is 9.26 Å². The number of H-pyrrole nitrogens is 1. The fourth-order valence-electron chi connectivity index (χ4n) is 2.36. The average molecular weight is 333 g/mol. The van der Waals surface area contributed by atoms with Crippen LogP contribution in [0.1, 0.15) is 38.1 Å². The number of hydrogen-bond acceptors (Lipinski definition) is 7. The fraction of sp³-hybridized carbons (Fsp3) is 0.333. The molecule has 0 amide bonds. The van der Waals surface area contributed by atoms with Gasteiger partial charge in [-0.3, -0.25) is 4.79 Å². The Bertz CT molecular complexity index is 948. The molecule has 0 aromatic carbocycles. The van der Waals surface area contributed by atoms with Gasteiger partial charge in [-0.25, -0.2) is 9.78 Å². The van der Waals surface area contributed by atoms with E-state index in [9.17, 15) is 9.59 Å². The van der Waals surface area contributed by atoms with E-state index in [1.807, 2.05) is 0 Å². The summed E-state index contributed by atoms with van der Waals surface area (Å²) in [6.45, 7) is 7.05. The molecule has 3 aromatic heterocycles. The lowest BCUT2D eigenvalue weighted by atomic mass is 10.2. The van der Waals surface area contributed by atoms with Gasteiger partial charge in [-0.15, -0.1) is 11.3 Å². The number of aromatic amines is 1. The molecule has 7 nitrogen and oxygen atoms in total. The van der Waals surface area contributed by atoms with Crippen molar-refractivity contribution >= 4 is 27.5 Å². The van der Waals surface area contributed by atoms with Crippen molar-refractivity contribution in [3.8, 4) is 0 Å². The highest BCUT2D eigenvalue weighted by Crippen LogP contribution is 2.28. The van der Waals surface area contributed by atoms with E-state index in [0.29, 0.717) is 37.9 Å². The molecule has 3 heterocycles. The molecule has 0 aliphatic heterocycles. The van der Waals surface area contributed by atoms with Gasteiger partial charge < -0.3 is 14.2 Å². The molecule has 0 saturated heterocycles. The maximum absolute atomic E-state index is 12.3. The number of ether oxygens (including phenoxy) is 1. The van der Waals surface area contributed by atoms with Crippen LogP contribution in [0.4, 0.5) is 0 Å². The predicted octanol–water partition coefficient (Wildman–Crippen LogP) is 2.56. The SMILES string of the molecule is Cc1nc2sc(C(=O)OCc3c(C)noc3C)c(C)c2c(=O)[nH]1. The number of carbonyl (C=O) groups is 1. The quantitative estimate of drug-likeness (QED) is 0.740. The molecule has 1 N–H and O–H groups in total. The molecule has 0 spiro atoms. The Balaban J connectivity index is 1.91. The van der Waals surface area contributed by atoms with E-state index < -0.39 is 5.97 Å². The van der Waals surface area contributed by atoms with Crippen LogP contribution >= 0.6 is 11.3 Å². The minimum absolute atomic E-state index is 0.0799. The minimum Gasteiger partial charge on any atom is -0.456 e. The van der Waals surface area contributed by atoms with Gasteiger partial charge in [0, 0.05) is 0 Å². The van der Waals surface area contributed by atoms with Gasteiger partial charge >= 0.3 is 5.97 Å². The number of esters is 1. The van der Waals surface area contributed by atoms with Crippen molar-refractivity contribution in [3.63, 3.8) is 0 Å². The minimum atomic E-state index is -0.484. The first-order valence-corrected chi connectivity index (χ1v) is 7.79. The largest absolute Gasteiger partial charge is 0.456 e. The summed E-state index contributed by atoms with van der Waals surface area (Å²) in [6.07, 6.45) is 0. The highest BCUT2D eigenvalue weighted by atomic mass is 32.1. The van der Waals surface area contributed by atoms with E-state index in [1.54, 1.807) is 27.7 Å². The van der Waals surface area contributed by atoms with Crippen LogP contribution in [0.15, 0.2) is 9.32 Å². The van der Waals surface area contributed by atoms with Crippen molar-refractivity contribution in [3.05, 3.63) is 43.6 Å². The molecule has 0 fully saturated rings. The maximum Gasteiger partial charge on any atom is 0.349 e. The van der Waals surface area contributed by atoms with E-state index in [-0.39, 0.29) is 12.2 Å². The molecule has 8 heteroatoms.